The van der Waals surface area contributed by atoms with Crippen molar-refractivity contribution in [1.29, 1.82) is 0 Å². The molecule has 1 unspecified atom stereocenters. The van der Waals surface area contributed by atoms with Crippen molar-refractivity contribution in [3.63, 3.8) is 0 Å². The highest BCUT2D eigenvalue weighted by molar-refractivity contribution is 7.21. The molecule has 0 saturated carbocycles. The number of aromatic nitrogens is 2. The maximum absolute atomic E-state index is 12.6. The molecule has 1 aliphatic heterocycles. The molecule has 2 aromatic rings. The van der Waals surface area contributed by atoms with Crippen LogP contribution < -0.4 is 11.5 Å². The number of rotatable bonds is 1. The summed E-state index contributed by atoms with van der Waals surface area (Å²) in [5, 5.41) is 5.24. The topological polar surface area (TPSA) is 90.2 Å². The molecule has 1 amide bonds. The first kappa shape index (κ1) is 13.4. The van der Waals surface area contributed by atoms with E-state index in [1.807, 2.05) is 18.9 Å². The van der Waals surface area contributed by atoms with Gasteiger partial charge >= 0.3 is 0 Å². The predicted octanol–water partition coefficient (Wildman–Crippen LogP) is 1.09. The fourth-order valence-electron chi connectivity index (χ4n) is 2.83. The van der Waals surface area contributed by atoms with Crippen molar-refractivity contribution in [1.82, 2.24) is 14.7 Å². The van der Waals surface area contributed by atoms with Crippen LogP contribution in [-0.2, 0) is 7.05 Å². The van der Waals surface area contributed by atoms with Gasteiger partial charge in [0.25, 0.3) is 5.91 Å². The summed E-state index contributed by atoms with van der Waals surface area (Å²) in [6.45, 7) is 3.29. The minimum atomic E-state index is -0.00162. The standard InChI is InChI=1S/C13H19N5OS/c1-7-9-10(15)11(20-13(9)17(2)16-7)12(19)18-5-3-4-8(14)6-18/h8H,3-6,14-15H2,1-2H3. The van der Waals surface area contributed by atoms with Crippen molar-refractivity contribution in [2.75, 3.05) is 18.8 Å². The van der Waals surface area contributed by atoms with E-state index in [1.165, 1.54) is 11.3 Å². The van der Waals surface area contributed by atoms with Crippen LogP contribution in [0.15, 0.2) is 0 Å². The van der Waals surface area contributed by atoms with Gasteiger partial charge < -0.3 is 16.4 Å². The summed E-state index contributed by atoms with van der Waals surface area (Å²) >= 11 is 1.42. The summed E-state index contributed by atoms with van der Waals surface area (Å²) in [6, 6.07) is 0.0757. The van der Waals surface area contributed by atoms with Crippen molar-refractivity contribution < 1.29 is 4.79 Å². The lowest BCUT2D eigenvalue weighted by molar-refractivity contribution is 0.0715. The number of carbonyl (C=O) groups excluding carboxylic acids is 1. The van der Waals surface area contributed by atoms with Gasteiger partial charge in [-0.15, -0.1) is 11.3 Å². The van der Waals surface area contributed by atoms with E-state index >= 15 is 0 Å². The molecule has 1 atom stereocenters. The van der Waals surface area contributed by atoms with Gasteiger partial charge in [0.15, 0.2) is 0 Å². The molecule has 3 rings (SSSR count). The largest absolute Gasteiger partial charge is 0.397 e. The van der Waals surface area contributed by atoms with E-state index in [0.29, 0.717) is 17.1 Å². The number of anilines is 1. The Labute approximate surface area is 121 Å². The van der Waals surface area contributed by atoms with Gasteiger partial charge in [-0.3, -0.25) is 9.48 Å². The van der Waals surface area contributed by atoms with Crippen LogP contribution in [-0.4, -0.2) is 39.7 Å². The maximum atomic E-state index is 12.6. The van der Waals surface area contributed by atoms with E-state index in [2.05, 4.69) is 5.10 Å². The Hall–Kier alpha value is -1.60. The maximum Gasteiger partial charge on any atom is 0.266 e. The number of amides is 1. The second kappa shape index (κ2) is 4.75. The van der Waals surface area contributed by atoms with Crippen LogP contribution in [0.3, 0.4) is 0 Å². The summed E-state index contributed by atoms with van der Waals surface area (Å²) in [6.07, 6.45) is 1.94. The van der Waals surface area contributed by atoms with E-state index < -0.39 is 0 Å². The second-order valence-corrected chi connectivity index (χ2v) is 6.39. The Bertz CT molecular complexity index is 674. The van der Waals surface area contributed by atoms with Crippen LogP contribution >= 0.6 is 11.3 Å². The zero-order valence-corrected chi connectivity index (χ0v) is 12.5. The molecule has 0 aromatic carbocycles. The van der Waals surface area contributed by atoms with Gasteiger partial charge in [0.2, 0.25) is 0 Å². The van der Waals surface area contributed by atoms with E-state index in [9.17, 15) is 4.79 Å². The molecule has 0 bridgehead atoms. The Morgan fingerprint density at radius 1 is 1.50 bits per heavy atom. The predicted molar refractivity (Wildman–Crippen MR) is 80.9 cm³/mol. The zero-order valence-electron chi connectivity index (χ0n) is 11.7. The third-order valence-corrected chi connectivity index (χ3v) is 5.08. The van der Waals surface area contributed by atoms with Gasteiger partial charge in [0.05, 0.1) is 16.8 Å². The lowest BCUT2D eigenvalue weighted by Crippen LogP contribution is -2.45. The lowest BCUT2D eigenvalue weighted by Gasteiger charge is -2.30. The number of hydrogen-bond donors (Lipinski definition) is 2. The van der Waals surface area contributed by atoms with Gasteiger partial charge in [0, 0.05) is 26.2 Å². The van der Waals surface area contributed by atoms with Gasteiger partial charge in [0.1, 0.15) is 9.71 Å². The average Bonchev–Trinajstić information content (AvgIpc) is 2.88. The Morgan fingerprint density at radius 3 is 2.90 bits per heavy atom. The van der Waals surface area contributed by atoms with E-state index in [-0.39, 0.29) is 11.9 Å². The highest BCUT2D eigenvalue weighted by atomic mass is 32.1. The molecule has 2 aromatic heterocycles. The van der Waals surface area contributed by atoms with Crippen LogP contribution in [0.25, 0.3) is 10.2 Å². The molecular weight excluding hydrogens is 274 g/mol. The normalized spacial score (nSPS) is 19.8. The second-order valence-electron chi connectivity index (χ2n) is 5.39. The fourth-order valence-corrected chi connectivity index (χ4v) is 3.98. The molecule has 3 heterocycles. The fraction of sp³-hybridized carbons (Fsp3) is 0.538. The van der Waals surface area contributed by atoms with Crippen LogP contribution in [0.1, 0.15) is 28.2 Å². The highest BCUT2D eigenvalue weighted by Crippen LogP contribution is 2.36. The number of nitrogens with zero attached hydrogens (tertiary/aromatic N) is 3. The SMILES string of the molecule is Cc1nn(C)c2sc(C(=O)N3CCCC(N)C3)c(N)c12. The number of carbonyl (C=O) groups is 1. The molecular formula is C13H19N5OS. The molecule has 0 spiro atoms. The monoisotopic (exact) mass is 293 g/mol. The molecule has 1 aliphatic rings. The van der Waals surface area contributed by atoms with Gasteiger partial charge in [-0.25, -0.2) is 0 Å². The molecule has 4 N–H and O–H groups in total. The third-order valence-electron chi connectivity index (χ3n) is 3.82. The van der Waals surface area contributed by atoms with Crippen molar-refractivity contribution in [3.05, 3.63) is 10.6 Å². The molecule has 6 nitrogen and oxygen atoms in total. The van der Waals surface area contributed by atoms with Crippen molar-refractivity contribution in [2.45, 2.75) is 25.8 Å². The van der Waals surface area contributed by atoms with E-state index in [1.54, 1.807) is 4.68 Å². The van der Waals surface area contributed by atoms with Gasteiger partial charge in [-0.05, 0) is 19.8 Å². The summed E-state index contributed by atoms with van der Waals surface area (Å²) in [5.74, 6) is -0.00162. The molecule has 1 saturated heterocycles. The lowest BCUT2D eigenvalue weighted by atomic mass is 10.1. The number of likely N-dealkylation sites (tertiary alicyclic amines) is 1. The summed E-state index contributed by atoms with van der Waals surface area (Å²) in [7, 11) is 1.87. The van der Waals surface area contributed by atoms with Crippen LogP contribution in [0.2, 0.25) is 0 Å². The van der Waals surface area contributed by atoms with Crippen molar-refractivity contribution >= 4 is 33.1 Å². The van der Waals surface area contributed by atoms with Crippen LogP contribution in [0.5, 0.6) is 0 Å². The van der Waals surface area contributed by atoms with E-state index in [0.717, 1.165) is 35.3 Å². The minimum absolute atomic E-state index is 0.00162. The number of hydrogen-bond acceptors (Lipinski definition) is 5. The molecule has 0 aliphatic carbocycles. The van der Waals surface area contributed by atoms with Crippen LogP contribution in [0.4, 0.5) is 5.69 Å². The van der Waals surface area contributed by atoms with Gasteiger partial charge in [-0.2, -0.15) is 5.10 Å². The number of nitrogens with two attached hydrogens (primary N) is 2. The first-order valence-electron chi connectivity index (χ1n) is 6.75. The number of nitrogen functional groups attached to an aromatic ring is 1. The molecule has 1 fully saturated rings. The quantitative estimate of drug-likeness (QED) is 0.823. The molecule has 20 heavy (non-hydrogen) atoms. The Morgan fingerprint density at radius 2 is 2.25 bits per heavy atom. The number of thiophene rings is 1. The average molecular weight is 293 g/mol. The Kier molecular flexibility index (Phi) is 3.18. The summed E-state index contributed by atoms with van der Waals surface area (Å²) < 4.78 is 1.78. The van der Waals surface area contributed by atoms with Gasteiger partial charge in [-0.1, -0.05) is 0 Å². The number of aryl methyl sites for hydroxylation is 2. The molecule has 7 heteroatoms. The highest BCUT2D eigenvalue weighted by Gasteiger charge is 2.27. The number of piperidine rings is 1. The first-order valence-corrected chi connectivity index (χ1v) is 7.57. The molecule has 108 valence electrons. The molecule has 0 radical (unpaired) electrons. The number of fused-ring (bicyclic) bond motifs is 1. The zero-order chi connectivity index (χ0) is 14.4. The smallest absolute Gasteiger partial charge is 0.266 e. The summed E-state index contributed by atoms with van der Waals surface area (Å²) in [5.41, 5.74) is 13.5. The van der Waals surface area contributed by atoms with Crippen molar-refractivity contribution in [2.24, 2.45) is 12.8 Å². The van der Waals surface area contributed by atoms with E-state index in [4.69, 9.17) is 11.5 Å². The first-order chi connectivity index (χ1) is 9.49. The Balaban J connectivity index is 1.99. The third kappa shape index (κ3) is 1.97. The summed E-state index contributed by atoms with van der Waals surface area (Å²) in [4.78, 5) is 16.0. The van der Waals surface area contributed by atoms with Crippen LogP contribution in [0, 0.1) is 6.92 Å². The van der Waals surface area contributed by atoms with Crippen molar-refractivity contribution in [3.8, 4) is 0 Å². The minimum Gasteiger partial charge on any atom is -0.397 e.